The van der Waals surface area contributed by atoms with Gasteiger partial charge < -0.3 is 9.47 Å². The zero-order valence-corrected chi connectivity index (χ0v) is 20.8. The first kappa shape index (κ1) is 24.2. The molecule has 1 N–H and O–H groups in total. The van der Waals surface area contributed by atoms with E-state index in [1.54, 1.807) is 30.3 Å². The van der Waals surface area contributed by atoms with Crippen LogP contribution in [0.1, 0.15) is 43.2 Å². The molecule has 4 rings (SSSR count). The molecule has 0 radical (unpaired) electrons. The summed E-state index contributed by atoms with van der Waals surface area (Å²) in [4.78, 5) is 39.2. The molecule has 7 nitrogen and oxygen atoms in total. The summed E-state index contributed by atoms with van der Waals surface area (Å²) < 4.78 is 25.9. The topological polar surface area (TPSA) is 84.9 Å². The number of barbiturate groups is 1. The Balaban J connectivity index is 1.60. The molecule has 1 aliphatic carbocycles. The van der Waals surface area contributed by atoms with E-state index < -0.39 is 17.8 Å². The maximum Gasteiger partial charge on any atom is 0.331 e. The van der Waals surface area contributed by atoms with Gasteiger partial charge in [0.05, 0.1) is 10.7 Å². The van der Waals surface area contributed by atoms with Crippen LogP contribution in [0.15, 0.2) is 42.0 Å². The van der Waals surface area contributed by atoms with Crippen LogP contribution in [0.4, 0.5) is 9.18 Å². The first-order valence-electron chi connectivity index (χ1n) is 11.0. The van der Waals surface area contributed by atoms with Crippen molar-refractivity contribution in [2.75, 3.05) is 7.11 Å². The minimum atomic E-state index is -0.726. The average Bonchev–Trinajstić information content (AvgIpc) is 2.82. The second kappa shape index (κ2) is 10.5. The largest absolute Gasteiger partial charge is 0.493 e. The molecule has 0 unspecified atom stereocenters. The molecule has 2 aliphatic rings. The number of benzene rings is 2. The van der Waals surface area contributed by atoms with Crippen molar-refractivity contribution in [2.24, 2.45) is 0 Å². The van der Waals surface area contributed by atoms with Crippen LogP contribution in [0.25, 0.3) is 6.08 Å². The van der Waals surface area contributed by atoms with Crippen molar-refractivity contribution >= 4 is 46.5 Å². The summed E-state index contributed by atoms with van der Waals surface area (Å²) in [5, 5.41) is 2.29. The molecule has 178 valence electrons. The molecular weight excluding hydrogens is 554 g/mol. The third-order valence-electron chi connectivity index (χ3n) is 5.97. The van der Waals surface area contributed by atoms with Crippen molar-refractivity contribution in [1.82, 2.24) is 10.2 Å². The maximum atomic E-state index is 13.9. The molecule has 2 fully saturated rings. The lowest BCUT2D eigenvalue weighted by Gasteiger charge is -2.35. The Bertz CT molecular complexity index is 1160. The van der Waals surface area contributed by atoms with Gasteiger partial charge in [0.1, 0.15) is 18.0 Å². The monoisotopic (exact) mass is 578 g/mol. The summed E-state index contributed by atoms with van der Waals surface area (Å²) >= 11 is 2.06. The molecule has 0 aromatic heterocycles. The number of ether oxygens (including phenoxy) is 2. The SMILES string of the molecule is COc1cc(C=C2C(=O)NC(=O)N(C3CCCCC3)C2=O)cc(I)c1OCc1ccccc1F. The van der Waals surface area contributed by atoms with E-state index in [4.69, 9.17) is 9.47 Å². The summed E-state index contributed by atoms with van der Waals surface area (Å²) in [6.07, 6.45) is 5.88. The molecule has 0 spiro atoms. The molecule has 0 atom stereocenters. The van der Waals surface area contributed by atoms with Crippen molar-refractivity contribution in [2.45, 2.75) is 44.8 Å². The number of imide groups is 2. The maximum absolute atomic E-state index is 13.9. The molecule has 1 saturated carbocycles. The van der Waals surface area contributed by atoms with Crippen molar-refractivity contribution in [3.63, 3.8) is 0 Å². The highest BCUT2D eigenvalue weighted by Crippen LogP contribution is 2.36. The number of carbonyl (C=O) groups excluding carboxylic acids is 3. The Morgan fingerprint density at radius 3 is 2.59 bits per heavy atom. The molecule has 34 heavy (non-hydrogen) atoms. The van der Waals surface area contributed by atoms with E-state index in [1.807, 2.05) is 0 Å². The summed E-state index contributed by atoms with van der Waals surface area (Å²) in [5.74, 6) is -0.881. The number of hydrogen-bond donors (Lipinski definition) is 1. The number of hydrogen-bond acceptors (Lipinski definition) is 5. The fourth-order valence-corrected chi connectivity index (χ4v) is 5.02. The Morgan fingerprint density at radius 1 is 1.15 bits per heavy atom. The lowest BCUT2D eigenvalue weighted by Crippen LogP contribution is -2.58. The highest BCUT2D eigenvalue weighted by molar-refractivity contribution is 14.1. The van der Waals surface area contributed by atoms with Gasteiger partial charge in [-0.2, -0.15) is 0 Å². The van der Waals surface area contributed by atoms with E-state index in [-0.39, 0.29) is 24.0 Å². The first-order valence-corrected chi connectivity index (χ1v) is 12.1. The lowest BCUT2D eigenvalue weighted by atomic mass is 9.93. The van der Waals surface area contributed by atoms with Gasteiger partial charge in [0, 0.05) is 11.6 Å². The Morgan fingerprint density at radius 2 is 1.88 bits per heavy atom. The summed E-state index contributed by atoms with van der Waals surface area (Å²) in [6.45, 7) is 0.0127. The number of halogens is 2. The number of nitrogens with one attached hydrogen (secondary N) is 1. The first-order chi connectivity index (χ1) is 16.4. The normalized spacial score (nSPS) is 18.3. The van der Waals surface area contributed by atoms with E-state index in [1.165, 1.54) is 24.2 Å². The molecular formula is C25H24FIN2O5. The molecule has 0 bridgehead atoms. The number of rotatable bonds is 6. The van der Waals surface area contributed by atoms with Gasteiger partial charge in [-0.15, -0.1) is 0 Å². The van der Waals surface area contributed by atoms with Crippen LogP contribution in [-0.4, -0.2) is 35.9 Å². The van der Waals surface area contributed by atoms with Gasteiger partial charge in [-0.1, -0.05) is 37.5 Å². The highest BCUT2D eigenvalue weighted by Gasteiger charge is 2.40. The molecule has 1 aliphatic heterocycles. The molecule has 2 aromatic rings. The molecule has 4 amide bonds. The van der Waals surface area contributed by atoms with E-state index in [9.17, 15) is 18.8 Å². The Hall–Kier alpha value is -2.95. The van der Waals surface area contributed by atoms with Gasteiger partial charge in [0.25, 0.3) is 11.8 Å². The highest BCUT2D eigenvalue weighted by atomic mass is 127. The van der Waals surface area contributed by atoms with Crippen LogP contribution in [0, 0.1) is 9.39 Å². The van der Waals surface area contributed by atoms with Crippen molar-refractivity contribution < 1.29 is 28.2 Å². The molecule has 1 saturated heterocycles. The summed E-state index contributed by atoms with van der Waals surface area (Å²) in [6, 6.07) is 8.83. The molecule has 2 aromatic carbocycles. The third kappa shape index (κ3) is 5.08. The second-order valence-electron chi connectivity index (χ2n) is 8.20. The Kier molecular flexibility index (Phi) is 7.50. The van der Waals surface area contributed by atoms with Crippen molar-refractivity contribution in [3.8, 4) is 11.5 Å². The van der Waals surface area contributed by atoms with E-state index in [2.05, 4.69) is 27.9 Å². The second-order valence-corrected chi connectivity index (χ2v) is 9.36. The summed E-state index contributed by atoms with van der Waals surface area (Å²) in [5.41, 5.74) is 0.836. The number of carbonyl (C=O) groups is 3. The van der Waals surface area contributed by atoms with Crippen LogP contribution >= 0.6 is 22.6 Å². The third-order valence-corrected chi connectivity index (χ3v) is 6.77. The number of nitrogens with zero attached hydrogens (tertiary/aromatic N) is 1. The predicted octanol–water partition coefficient (Wildman–Crippen LogP) is 4.81. The fraction of sp³-hybridized carbons (Fsp3) is 0.320. The van der Waals surface area contributed by atoms with Gasteiger partial charge in [0.15, 0.2) is 11.5 Å². The molecule has 9 heteroatoms. The molecule has 1 heterocycles. The minimum absolute atomic E-state index is 0.0127. The van der Waals surface area contributed by atoms with Gasteiger partial charge in [-0.25, -0.2) is 9.18 Å². The summed E-state index contributed by atoms with van der Waals surface area (Å²) in [7, 11) is 1.47. The fourth-order valence-electron chi connectivity index (χ4n) is 4.24. The standard InChI is InChI=1S/C25H24FIN2O5/c1-33-21-13-15(12-20(27)22(21)34-14-16-7-5-6-10-19(16)26)11-18-23(30)28-25(32)29(24(18)31)17-8-3-2-4-9-17/h5-7,10-13,17H,2-4,8-9,14H2,1H3,(H,28,30,32). The van der Waals surface area contributed by atoms with Crippen LogP contribution in [0.5, 0.6) is 11.5 Å². The number of amides is 4. The van der Waals surface area contributed by atoms with Gasteiger partial charge in [-0.05, 0) is 65.3 Å². The number of methoxy groups -OCH3 is 1. The average molecular weight is 578 g/mol. The smallest absolute Gasteiger partial charge is 0.331 e. The predicted molar refractivity (Wildman–Crippen MR) is 132 cm³/mol. The van der Waals surface area contributed by atoms with Gasteiger partial charge in [0.2, 0.25) is 0 Å². The van der Waals surface area contributed by atoms with Crippen molar-refractivity contribution in [3.05, 3.63) is 62.5 Å². The number of urea groups is 1. The van der Waals surface area contributed by atoms with Crippen LogP contribution in [-0.2, 0) is 16.2 Å². The van der Waals surface area contributed by atoms with Crippen LogP contribution < -0.4 is 14.8 Å². The zero-order valence-electron chi connectivity index (χ0n) is 18.6. The Labute approximate surface area is 210 Å². The van der Waals surface area contributed by atoms with Gasteiger partial charge in [-0.3, -0.25) is 19.8 Å². The van der Waals surface area contributed by atoms with Crippen LogP contribution in [0.3, 0.4) is 0 Å². The van der Waals surface area contributed by atoms with Crippen molar-refractivity contribution in [1.29, 1.82) is 0 Å². The van der Waals surface area contributed by atoms with E-state index >= 15 is 0 Å². The quantitative estimate of drug-likeness (QED) is 0.302. The minimum Gasteiger partial charge on any atom is -0.493 e. The zero-order chi connectivity index (χ0) is 24.2. The van der Waals surface area contributed by atoms with Gasteiger partial charge >= 0.3 is 6.03 Å². The lowest BCUT2D eigenvalue weighted by molar-refractivity contribution is -0.132. The van der Waals surface area contributed by atoms with E-state index in [0.29, 0.717) is 26.2 Å². The van der Waals surface area contributed by atoms with E-state index in [0.717, 1.165) is 32.1 Å². The van der Waals surface area contributed by atoms with Crippen LogP contribution in [0.2, 0.25) is 0 Å².